The van der Waals surface area contributed by atoms with Gasteiger partial charge in [0, 0.05) is 10.0 Å². The molecule has 19 heavy (non-hydrogen) atoms. The molecule has 94 valence electrons. The van der Waals surface area contributed by atoms with Gasteiger partial charge in [0.25, 0.3) is 0 Å². The average molecular weight is 314 g/mol. The third-order valence-electron chi connectivity index (χ3n) is 2.93. The second-order valence-electron chi connectivity index (χ2n) is 4.39. The molecule has 0 aliphatic heterocycles. The molecule has 0 fully saturated rings. The van der Waals surface area contributed by atoms with Crippen LogP contribution in [0.15, 0.2) is 59.2 Å². The Morgan fingerprint density at radius 2 is 1.63 bits per heavy atom. The topological polar surface area (TPSA) is 30.7 Å². The van der Waals surface area contributed by atoms with Gasteiger partial charge in [-0.25, -0.2) is 4.68 Å². The van der Waals surface area contributed by atoms with E-state index in [-0.39, 0.29) is 0 Å². The van der Waals surface area contributed by atoms with Crippen molar-refractivity contribution in [1.82, 2.24) is 15.0 Å². The molecule has 0 aliphatic carbocycles. The van der Waals surface area contributed by atoms with Crippen molar-refractivity contribution in [2.75, 3.05) is 0 Å². The maximum absolute atomic E-state index is 4.22. The number of aromatic nitrogens is 3. The summed E-state index contributed by atoms with van der Waals surface area (Å²) in [6.07, 6.45) is 1.94. The fraction of sp³-hybridized carbons (Fsp3) is 0.0667. The average Bonchev–Trinajstić information content (AvgIpc) is 2.90. The predicted octanol–water partition coefficient (Wildman–Crippen LogP) is 4.01. The second-order valence-corrected chi connectivity index (χ2v) is 5.31. The predicted molar refractivity (Wildman–Crippen MR) is 79.2 cm³/mol. The molecule has 0 spiro atoms. The van der Waals surface area contributed by atoms with E-state index in [2.05, 4.69) is 57.4 Å². The summed E-state index contributed by atoms with van der Waals surface area (Å²) in [4.78, 5) is 0. The third kappa shape index (κ3) is 2.58. The van der Waals surface area contributed by atoms with Gasteiger partial charge in [0.1, 0.15) is 5.69 Å². The fourth-order valence-corrected chi connectivity index (χ4v) is 2.10. The van der Waals surface area contributed by atoms with Gasteiger partial charge in [-0.2, -0.15) is 0 Å². The Morgan fingerprint density at radius 1 is 0.947 bits per heavy atom. The quantitative estimate of drug-likeness (QED) is 0.715. The van der Waals surface area contributed by atoms with Gasteiger partial charge in [0.05, 0.1) is 11.9 Å². The van der Waals surface area contributed by atoms with Crippen LogP contribution in [0.4, 0.5) is 0 Å². The molecule has 3 aromatic rings. The number of hydrogen-bond donors (Lipinski definition) is 0. The standard InChI is InChI=1S/C15H12BrN3/c1-11-2-4-12(5-3-11)15-10-19(18-17-15)14-8-6-13(16)7-9-14/h2-10H,1H3. The number of nitrogens with zero attached hydrogens (tertiary/aromatic N) is 3. The van der Waals surface area contributed by atoms with Crippen LogP contribution in [0.2, 0.25) is 0 Å². The van der Waals surface area contributed by atoms with Gasteiger partial charge in [-0.1, -0.05) is 51.0 Å². The van der Waals surface area contributed by atoms with Gasteiger partial charge < -0.3 is 0 Å². The Bertz CT molecular complexity index is 624. The summed E-state index contributed by atoms with van der Waals surface area (Å²) in [5.41, 5.74) is 4.19. The second kappa shape index (κ2) is 4.97. The van der Waals surface area contributed by atoms with Crippen molar-refractivity contribution in [1.29, 1.82) is 0 Å². The highest BCUT2D eigenvalue weighted by Crippen LogP contribution is 2.19. The molecule has 0 N–H and O–H groups in total. The largest absolute Gasteiger partial charge is 0.220 e. The number of rotatable bonds is 2. The molecule has 4 heteroatoms. The first-order valence-electron chi connectivity index (χ1n) is 5.98. The molecule has 3 nitrogen and oxygen atoms in total. The van der Waals surface area contributed by atoms with Gasteiger partial charge in [0.2, 0.25) is 0 Å². The minimum atomic E-state index is 0.878. The Labute approximate surface area is 120 Å². The number of hydrogen-bond acceptors (Lipinski definition) is 2. The Kier molecular flexibility index (Phi) is 3.17. The van der Waals surface area contributed by atoms with Crippen LogP contribution in [-0.2, 0) is 0 Å². The van der Waals surface area contributed by atoms with Crippen molar-refractivity contribution in [3.63, 3.8) is 0 Å². The van der Waals surface area contributed by atoms with Crippen LogP contribution in [0, 0.1) is 6.92 Å². The molecule has 0 bridgehead atoms. The summed E-state index contributed by atoms with van der Waals surface area (Å²) in [5, 5.41) is 8.38. The first-order chi connectivity index (χ1) is 9.22. The maximum Gasteiger partial charge on any atom is 0.113 e. The van der Waals surface area contributed by atoms with E-state index in [0.29, 0.717) is 0 Å². The van der Waals surface area contributed by atoms with Crippen LogP contribution in [0.3, 0.4) is 0 Å². The van der Waals surface area contributed by atoms with Crippen LogP contribution in [0.5, 0.6) is 0 Å². The van der Waals surface area contributed by atoms with E-state index in [1.165, 1.54) is 5.56 Å². The van der Waals surface area contributed by atoms with E-state index in [4.69, 9.17) is 0 Å². The van der Waals surface area contributed by atoms with Crippen molar-refractivity contribution in [3.8, 4) is 16.9 Å². The molecule has 0 unspecified atom stereocenters. The van der Waals surface area contributed by atoms with E-state index < -0.39 is 0 Å². The lowest BCUT2D eigenvalue weighted by Crippen LogP contribution is -1.93. The summed E-state index contributed by atoms with van der Waals surface area (Å²) >= 11 is 3.42. The van der Waals surface area contributed by atoms with Gasteiger partial charge in [0.15, 0.2) is 0 Å². The van der Waals surface area contributed by atoms with Crippen LogP contribution in [0.25, 0.3) is 16.9 Å². The highest BCUT2D eigenvalue weighted by Gasteiger charge is 2.04. The highest BCUT2D eigenvalue weighted by molar-refractivity contribution is 9.10. The van der Waals surface area contributed by atoms with Crippen molar-refractivity contribution in [2.45, 2.75) is 6.92 Å². The summed E-state index contributed by atoms with van der Waals surface area (Å²) in [7, 11) is 0. The Morgan fingerprint density at radius 3 is 2.32 bits per heavy atom. The van der Waals surface area contributed by atoms with Crippen molar-refractivity contribution in [2.24, 2.45) is 0 Å². The molecule has 0 aliphatic rings. The smallest absolute Gasteiger partial charge is 0.113 e. The molecule has 1 aromatic heterocycles. The lowest BCUT2D eigenvalue weighted by Gasteiger charge is -1.99. The van der Waals surface area contributed by atoms with E-state index in [0.717, 1.165) is 21.4 Å². The van der Waals surface area contributed by atoms with Crippen LogP contribution >= 0.6 is 15.9 Å². The van der Waals surface area contributed by atoms with Crippen LogP contribution in [0.1, 0.15) is 5.56 Å². The van der Waals surface area contributed by atoms with Gasteiger partial charge in [-0.3, -0.25) is 0 Å². The first kappa shape index (κ1) is 12.1. The summed E-state index contributed by atoms with van der Waals surface area (Å²) in [6.45, 7) is 2.07. The zero-order chi connectivity index (χ0) is 13.2. The molecule has 1 heterocycles. The molecule has 0 saturated heterocycles. The number of halogens is 1. The first-order valence-corrected chi connectivity index (χ1v) is 6.77. The van der Waals surface area contributed by atoms with Gasteiger partial charge >= 0.3 is 0 Å². The van der Waals surface area contributed by atoms with E-state index in [1.54, 1.807) is 4.68 Å². The molecule has 2 aromatic carbocycles. The monoisotopic (exact) mass is 313 g/mol. The lowest BCUT2D eigenvalue weighted by molar-refractivity contribution is 0.804. The van der Waals surface area contributed by atoms with Gasteiger partial charge in [-0.15, -0.1) is 5.10 Å². The van der Waals surface area contributed by atoms with Crippen molar-refractivity contribution >= 4 is 15.9 Å². The van der Waals surface area contributed by atoms with E-state index in [9.17, 15) is 0 Å². The number of benzene rings is 2. The van der Waals surface area contributed by atoms with Gasteiger partial charge in [-0.05, 0) is 31.2 Å². The zero-order valence-corrected chi connectivity index (χ0v) is 12.0. The molecule has 3 rings (SSSR count). The Balaban J connectivity index is 1.95. The van der Waals surface area contributed by atoms with Crippen molar-refractivity contribution in [3.05, 3.63) is 64.8 Å². The van der Waals surface area contributed by atoms with E-state index >= 15 is 0 Å². The van der Waals surface area contributed by atoms with Crippen molar-refractivity contribution < 1.29 is 0 Å². The zero-order valence-electron chi connectivity index (χ0n) is 10.4. The van der Waals surface area contributed by atoms with Crippen LogP contribution < -0.4 is 0 Å². The third-order valence-corrected chi connectivity index (χ3v) is 3.46. The minimum absolute atomic E-state index is 0.878. The summed E-state index contributed by atoms with van der Waals surface area (Å²) < 4.78 is 2.83. The Hall–Kier alpha value is -1.94. The summed E-state index contributed by atoms with van der Waals surface area (Å²) in [5.74, 6) is 0. The normalized spacial score (nSPS) is 10.6. The fourth-order valence-electron chi connectivity index (χ4n) is 1.84. The molecule has 0 amide bonds. The molecule has 0 saturated carbocycles. The van der Waals surface area contributed by atoms with E-state index in [1.807, 2.05) is 30.5 Å². The highest BCUT2D eigenvalue weighted by atomic mass is 79.9. The molecule has 0 atom stereocenters. The lowest BCUT2D eigenvalue weighted by atomic mass is 10.1. The molecule has 0 radical (unpaired) electrons. The van der Waals surface area contributed by atoms with Crippen LogP contribution in [-0.4, -0.2) is 15.0 Å². The molecular weight excluding hydrogens is 302 g/mol. The SMILES string of the molecule is Cc1ccc(-c2cn(-c3ccc(Br)cc3)nn2)cc1. The molecular formula is C15H12BrN3. The number of aryl methyl sites for hydroxylation is 1. The minimum Gasteiger partial charge on any atom is -0.220 e. The summed E-state index contributed by atoms with van der Waals surface area (Å²) in [6, 6.07) is 16.2. The maximum atomic E-state index is 4.22.